The van der Waals surface area contributed by atoms with Crippen LogP contribution in [0.4, 0.5) is 0 Å². The molecule has 0 heterocycles. The number of hydrogen-bond acceptors (Lipinski definition) is 4. The summed E-state index contributed by atoms with van der Waals surface area (Å²) in [7, 11) is 1.34. The lowest BCUT2D eigenvalue weighted by Crippen LogP contribution is -2.10. The van der Waals surface area contributed by atoms with Crippen LogP contribution in [0.5, 0.6) is 11.5 Å². The van der Waals surface area contributed by atoms with Crippen molar-refractivity contribution in [1.29, 1.82) is 0 Å². The molecule has 5 heteroatoms. The summed E-state index contributed by atoms with van der Waals surface area (Å²) in [5.74, 6) is -1.65. The zero-order chi connectivity index (χ0) is 10.7. The number of carbonyl (C=O) groups is 1. The highest BCUT2D eigenvalue weighted by Crippen LogP contribution is 2.33. The fourth-order valence-corrected chi connectivity index (χ4v) is 1.06. The molecule has 0 spiro atoms. The van der Waals surface area contributed by atoms with Crippen LogP contribution in [0.25, 0.3) is 0 Å². The number of phenols is 1. The molecular weight excluding hydrogens is 188 g/mol. The molecule has 0 unspecified atom stereocenters. The molecule has 1 aromatic rings. The molecule has 0 amide bonds. The zero-order valence-electron chi connectivity index (χ0n) is 7.47. The van der Waals surface area contributed by atoms with Gasteiger partial charge in [-0.05, 0) is 6.07 Å². The van der Waals surface area contributed by atoms with Crippen molar-refractivity contribution < 1.29 is 24.9 Å². The minimum absolute atomic E-state index is 0.0862. The number of aliphatic hydroxyl groups is 1. The lowest BCUT2D eigenvalue weighted by atomic mass is 10.1. The average molecular weight is 198 g/mol. The van der Waals surface area contributed by atoms with Gasteiger partial charge in [-0.2, -0.15) is 0 Å². The van der Waals surface area contributed by atoms with Crippen LogP contribution in [0, 0.1) is 0 Å². The molecule has 0 saturated heterocycles. The smallest absolute Gasteiger partial charge is 0.337 e. The maximum atomic E-state index is 10.4. The van der Waals surface area contributed by atoms with E-state index in [1.807, 2.05) is 0 Å². The van der Waals surface area contributed by atoms with Gasteiger partial charge in [0.05, 0.1) is 7.11 Å². The number of benzene rings is 1. The predicted molar refractivity (Wildman–Crippen MR) is 47.3 cm³/mol. The van der Waals surface area contributed by atoms with Crippen LogP contribution in [-0.4, -0.2) is 28.4 Å². The average Bonchev–Trinajstić information content (AvgIpc) is 2.17. The Morgan fingerprint density at radius 2 is 2.14 bits per heavy atom. The summed E-state index contributed by atoms with van der Waals surface area (Å²) >= 11 is 0. The van der Waals surface area contributed by atoms with E-state index in [0.29, 0.717) is 0 Å². The van der Waals surface area contributed by atoms with Gasteiger partial charge in [0.2, 0.25) is 0 Å². The van der Waals surface area contributed by atoms with Crippen molar-refractivity contribution in [1.82, 2.24) is 0 Å². The van der Waals surface area contributed by atoms with Crippen LogP contribution in [0.15, 0.2) is 18.2 Å². The molecule has 0 bridgehead atoms. The minimum atomic E-state index is -1.75. The maximum Gasteiger partial charge on any atom is 0.337 e. The number of phenolic OH excluding ortho intramolecular Hbond substituents is 1. The summed E-state index contributed by atoms with van der Waals surface area (Å²) in [4.78, 5) is 10.4. The maximum absolute atomic E-state index is 10.4. The van der Waals surface area contributed by atoms with Crippen LogP contribution < -0.4 is 4.74 Å². The Kier molecular flexibility index (Phi) is 2.93. The zero-order valence-corrected chi connectivity index (χ0v) is 7.47. The van der Waals surface area contributed by atoms with Gasteiger partial charge in [-0.3, -0.25) is 0 Å². The number of carboxylic acids is 1. The number of aliphatic hydroxyl groups excluding tert-OH is 1. The van der Waals surface area contributed by atoms with Crippen LogP contribution in [0.2, 0.25) is 0 Å². The Morgan fingerprint density at radius 3 is 2.64 bits per heavy atom. The van der Waals surface area contributed by atoms with Gasteiger partial charge < -0.3 is 20.1 Å². The summed E-state index contributed by atoms with van der Waals surface area (Å²) < 4.78 is 4.76. The van der Waals surface area contributed by atoms with E-state index < -0.39 is 12.1 Å². The molecule has 0 aromatic heterocycles. The lowest BCUT2D eigenvalue weighted by Gasteiger charge is -2.10. The fraction of sp³-hybridized carbons (Fsp3) is 0.222. The van der Waals surface area contributed by atoms with E-state index in [2.05, 4.69) is 0 Å². The van der Waals surface area contributed by atoms with Crippen molar-refractivity contribution in [3.63, 3.8) is 0 Å². The topological polar surface area (TPSA) is 87.0 Å². The second kappa shape index (κ2) is 3.97. The molecule has 0 aliphatic carbocycles. The highest BCUT2D eigenvalue weighted by atomic mass is 16.5. The third kappa shape index (κ3) is 1.77. The summed E-state index contributed by atoms with van der Waals surface area (Å²) in [6.45, 7) is 0. The van der Waals surface area contributed by atoms with E-state index in [9.17, 15) is 15.0 Å². The molecule has 0 fully saturated rings. The Balaban J connectivity index is 3.15. The SMILES string of the molecule is COc1cccc([C@@H](O)C(=O)O)c1O. The van der Waals surface area contributed by atoms with Crippen molar-refractivity contribution in [2.75, 3.05) is 7.11 Å². The number of ether oxygens (including phenoxy) is 1. The third-order valence-electron chi connectivity index (χ3n) is 1.78. The highest BCUT2D eigenvalue weighted by molar-refractivity contribution is 5.75. The third-order valence-corrected chi connectivity index (χ3v) is 1.78. The lowest BCUT2D eigenvalue weighted by molar-refractivity contribution is -0.147. The summed E-state index contributed by atoms with van der Waals surface area (Å²) in [6, 6.07) is 4.27. The molecule has 0 radical (unpaired) electrons. The number of rotatable bonds is 3. The van der Waals surface area contributed by atoms with Gasteiger partial charge in [-0.25, -0.2) is 4.79 Å². The minimum Gasteiger partial charge on any atom is -0.504 e. The summed E-state index contributed by atoms with van der Waals surface area (Å²) in [5.41, 5.74) is -0.0862. The molecule has 3 N–H and O–H groups in total. The molecule has 1 aromatic carbocycles. The first-order valence-electron chi connectivity index (χ1n) is 3.84. The number of carboxylic acid groups (broad SMARTS) is 1. The van der Waals surface area contributed by atoms with Crippen LogP contribution in [-0.2, 0) is 4.79 Å². The van der Waals surface area contributed by atoms with E-state index in [1.165, 1.54) is 25.3 Å². The first-order valence-corrected chi connectivity index (χ1v) is 3.84. The Labute approximate surface area is 80.2 Å². The molecule has 1 atom stereocenters. The van der Waals surface area contributed by atoms with Crippen LogP contribution >= 0.6 is 0 Å². The van der Waals surface area contributed by atoms with Crippen LogP contribution in [0.3, 0.4) is 0 Å². The van der Waals surface area contributed by atoms with Crippen molar-refractivity contribution in [3.8, 4) is 11.5 Å². The predicted octanol–water partition coefficient (Wildman–Crippen LogP) is 0.519. The molecule has 14 heavy (non-hydrogen) atoms. The van der Waals surface area contributed by atoms with Gasteiger partial charge in [-0.1, -0.05) is 12.1 Å². The standard InChI is InChI=1S/C9H10O5/c1-14-6-4-2-3-5(7(6)10)8(11)9(12)13/h2-4,8,10-11H,1H3,(H,12,13)/t8-/m1/s1. The highest BCUT2D eigenvalue weighted by Gasteiger charge is 2.21. The Morgan fingerprint density at radius 1 is 1.50 bits per heavy atom. The van der Waals surface area contributed by atoms with E-state index in [4.69, 9.17) is 9.84 Å². The number of para-hydroxylation sites is 1. The monoisotopic (exact) mass is 198 g/mol. The Bertz CT molecular complexity index is 347. The van der Waals surface area contributed by atoms with Crippen molar-refractivity contribution in [2.24, 2.45) is 0 Å². The number of aromatic hydroxyl groups is 1. The normalized spacial score (nSPS) is 12.1. The Hall–Kier alpha value is -1.75. The molecule has 76 valence electrons. The van der Waals surface area contributed by atoms with E-state index in [0.717, 1.165) is 0 Å². The number of aliphatic carboxylic acids is 1. The van der Waals surface area contributed by atoms with Gasteiger partial charge in [0.15, 0.2) is 17.6 Å². The van der Waals surface area contributed by atoms with Gasteiger partial charge in [0.1, 0.15) is 0 Å². The van der Waals surface area contributed by atoms with Gasteiger partial charge in [0.25, 0.3) is 0 Å². The number of hydrogen-bond donors (Lipinski definition) is 3. The largest absolute Gasteiger partial charge is 0.504 e. The number of methoxy groups -OCH3 is 1. The first kappa shape index (κ1) is 10.3. The van der Waals surface area contributed by atoms with Crippen LogP contribution in [0.1, 0.15) is 11.7 Å². The van der Waals surface area contributed by atoms with Gasteiger partial charge >= 0.3 is 5.97 Å². The summed E-state index contributed by atoms with van der Waals surface area (Å²) in [5, 5.41) is 27.2. The first-order chi connectivity index (χ1) is 6.57. The van der Waals surface area contributed by atoms with Crippen molar-refractivity contribution in [2.45, 2.75) is 6.10 Å². The van der Waals surface area contributed by atoms with E-state index in [1.54, 1.807) is 0 Å². The molecule has 1 rings (SSSR count). The molecule has 5 nitrogen and oxygen atoms in total. The van der Waals surface area contributed by atoms with Crippen molar-refractivity contribution in [3.05, 3.63) is 23.8 Å². The second-order valence-corrected chi connectivity index (χ2v) is 2.64. The second-order valence-electron chi connectivity index (χ2n) is 2.64. The van der Waals surface area contributed by atoms with Crippen molar-refractivity contribution >= 4 is 5.97 Å². The molecule has 0 saturated carbocycles. The van der Waals surface area contributed by atoms with E-state index >= 15 is 0 Å². The van der Waals surface area contributed by atoms with Gasteiger partial charge in [0, 0.05) is 5.56 Å². The van der Waals surface area contributed by atoms with E-state index in [-0.39, 0.29) is 17.1 Å². The quantitative estimate of drug-likeness (QED) is 0.659. The molecular formula is C9H10O5. The molecule has 0 aliphatic rings. The molecule has 0 aliphatic heterocycles. The van der Waals surface area contributed by atoms with Gasteiger partial charge in [-0.15, -0.1) is 0 Å². The summed E-state index contributed by atoms with van der Waals surface area (Å²) in [6.07, 6.45) is -1.75. The fourth-order valence-electron chi connectivity index (χ4n) is 1.06.